The molecule has 1 heterocycles. The smallest absolute Gasteiger partial charge is 0.211 e. The van der Waals surface area contributed by atoms with Crippen LogP contribution in [0.2, 0.25) is 0 Å². The Hall–Kier alpha value is 0.160. The second-order valence-electron chi connectivity index (χ2n) is 4.59. The van der Waals surface area contributed by atoms with Gasteiger partial charge in [-0.25, -0.2) is 12.7 Å². The lowest BCUT2D eigenvalue weighted by Crippen LogP contribution is -2.43. The highest BCUT2D eigenvalue weighted by Crippen LogP contribution is 2.18. The molecule has 0 aromatic heterocycles. The lowest BCUT2D eigenvalue weighted by Gasteiger charge is -2.31. The number of rotatable bonds is 5. The third-order valence-corrected chi connectivity index (χ3v) is 4.67. The first kappa shape index (κ1) is 14.2. The second-order valence-corrected chi connectivity index (χ2v) is 6.88. The van der Waals surface area contributed by atoms with Gasteiger partial charge in [0, 0.05) is 25.0 Å². The fraction of sp³-hybridized carbons (Fsp3) is 1.00. The molecule has 1 rings (SSSR count). The van der Waals surface area contributed by atoms with Crippen molar-refractivity contribution in [3.63, 3.8) is 0 Å². The molecule has 0 aliphatic carbocycles. The second kappa shape index (κ2) is 6.19. The topological polar surface area (TPSA) is 49.4 Å². The molecule has 2 atom stereocenters. The van der Waals surface area contributed by atoms with Gasteiger partial charge in [-0.1, -0.05) is 0 Å². The predicted octanol–water partition coefficient (Wildman–Crippen LogP) is 0.875. The van der Waals surface area contributed by atoms with E-state index in [1.807, 2.05) is 6.92 Å². The minimum absolute atomic E-state index is 0.287. The molecule has 0 bridgehead atoms. The number of halogens is 1. The molecule has 0 amide bonds. The summed E-state index contributed by atoms with van der Waals surface area (Å²) < 4.78 is 24.4. The summed E-state index contributed by atoms with van der Waals surface area (Å²) in [7, 11) is -3.02. The number of hydrogen-bond acceptors (Lipinski definition) is 3. The molecule has 1 N–H and O–H groups in total. The van der Waals surface area contributed by atoms with Gasteiger partial charge in [0.1, 0.15) is 0 Å². The highest BCUT2D eigenvalue weighted by atomic mass is 35.5. The third kappa shape index (κ3) is 4.57. The van der Waals surface area contributed by atoms with E-state index in [1.165, 1.54) is 6.26 Å². The van der Waals surface area contributed by atoms with Crippen LogP contribution in [0.3, 0.4) is 0 Å². The molecule has 2 unspecified atom stereocenters. The molecule has 0 spiro atoms. The van der Waals surface area contributed by atoms with Gasteiger partial charge < -0.3 is 5.32 Å². The summed E-state index contributed by atoms with van der Waals surface area (Å²) in [5, 5.41) is 3.32. The maximum atomic E-state index is 11.4. The van der Waals surface area contributed by atoms with Crippen LogP contribution in [0, 0.1) is 5.92 Å². The van der Waals surface area contributed by atoms with Crippen LogP contribution < -0.4 is 5.32 Å². The standard InChI is InChI=1S/C10H21ClN2O2S/c1-9(6-11)12-7-10-4-3-5-13(8-10)16(2,14)15/h9-10,12H,3-8H2,1-2H3. The number of sulfonamides is 1. The first-order valence-corrected chi connectivity index (χ1v) is 8.06. The van der Waals surface area contributed by atoms with Crippen molar-refractivity contribution in [1.82, 2.24) is 9.62 Å². The van der Waals surface area contributed by atoms with Gasteiger partial charge in [-0.3, -0.25) is 0 Å². The van der Waals surface area contributed by atoms with Crippen molar-refractivity contribution in [2.24, 2.45) is 5.92 Å². The molecule has 0 aromatic rings. The Labute approximate surface area is 103 Å². The van der Waals surface area contributed by atoms with Crippen molar-refractivity contribution in [1.29, 1.82) is 0 Å². The lowest BCUT2D eigenvalue weighted by molar-refractivity contribution is 0.258. The normalized spacial score (nSPS) is 25.6. The summed E-state index contributed by atoms with van der Waals surface area (Å²) in [6.07, 6.45) is 3.33. The van der Waals surface area contributed by atoms with E-state index >= 15 is 0 Å². The number of nitrogens with zero attached hydrogens (tertiary/aromatic N) is 1. The Balaban J connectivity index is 2.39. The van der Waals surface area contributed by atoms with E-state index in [0.29, 0.717) is 24.9 Å². The van der Waals surface area contributed by atoms with Crippen LogP contribution in [0.4, 0.5) is 0 Å². The molecule has 0 radical (unpaired) electrons. The van der Waals surface area contributed by atoms with Gasteiger partial charge in [-0.05, 0) is 32.2 Å². The molecule has 1 saturated heterocycles. The van der Waals surface area contributed by atoms with Crippen LogP contribution in [0.25, 0.3) is 0 Å². The van der Waals surface area contributed by atoms with Gasteiger partial charge in [-0.15, -0.1) is 11.6 Å². The van der Waals surface area contributed by atoms with E-state index in [9.17, 15) is 8.42 Å². The summed E-state index contributed by atoms with van der Waals surface area (Å²) in [5.41, 5.74) is 0. The SMILES string of the molecule is CC(CCl)NCC1CCCN(S(C)(=O)=O)C1. The number of hydrogen-bond donors (Lipinski definition) is 1. The monoisotopic (exact) mass is 268 g/mol. The highest BCUT2D eigenvalue weighted by molar-refractivity contribution is 7.88. The van der Waals surface area contributed by atoms with E-state index < -0.39 is 10.0 Å². The number of piperidine rings is 1. The van der Waals surface area contributed by atoms with Crippen LogP contribution in [0.5, 0.6) is 0 Å². The molecule has 16 heavy (non-hydrogen) atoms. The van der Waals surface area contributed by atoms with Crippen molar-refractivity contribution < 1.29 is 8.42 Å². The zero-order valence-electron chi connectivity index (χ0n) is 9.95. The van der Waals surface area contributed by atoms with Crippen LogP contribution in [-0.4, -0.2) is 50.5 Å². The van der Waals surface area contributed by atoms with Crippen LogP contribution in [-0.2, 0) is 10.0 Å². The number of nitrogens with one attached hydrogen (secondary N) is 1. The van der Waals surface area contributed by atoms with Crippen molar-refractivity contribution in [2.45, 2.75) is 25.8 Å². The fourth-order valence-corrected chi connectivity index (χ4v) is 2.97. The number of alkyl halides is 1. The summed E-state index contributed by atoms with van der Waals surface area (Å²) in [4.78, 5) is 0. The maximum Gasteiger partial charge on any atom is 0.211 e. The Bertz CT molecular complexity index is 308. The van der Waals surface area contributed by atoms with Crippen molar-refractivity contribution in [2.75, 3.05) is 31.8 Å². The quantitative estimate of drug-likeness (QED) is 0.753. The molecule has 0 saturated carbocycles. The van der Waals surface area contributed by atoms with E-state index in [2.05, 4.69) is 5.32 Å². The van der Waals surface area contributed by atoms with E-state index in [-0.39, 0.29) is 6.04 Å². The van der Waals surface area contributed by atoms with E-state index in [1.54, 1.807) is 4.31 Å². The Morgan fingerprint density at radius 1 is 1.56 bits per heavy atom. The van der Waals surface area contributed by atoms with Gasteiger partial charge in [0.15, 0.2) is 0 Å². The summed E-state index contributed by atoms with van der Waals surface area (Å²) in [6, 6.07) is 0.287. The first-order chi connectivity index (χ1) is 7.43. The van der Waals surface area contributed by atoms with Gasteiger partial charge in [0.2, 0.25) is 10.0 Å². The Kier molecular flexibility index (Phi) is 5.50. The summed E-state index contributed by atoms with van der Waals surface area (Å²) in [6.45, 7) is 4.19. The molecule has 1 aliphatic heterocycles. The lowest BCUT2D eigenvalue weighted by atomic mass is 9.99. The minimum atomic E-state index is -3.02. The molecular formula is C10H21ClN2O2S. The molecule has 6 heteroatoms. The molecule has 4 nitrogen and oxygen atoms in total. The van der Waals surface area contributed by atoms with Gasteiger partial charge in [0.05, 0.1) is 6.26 Å². The van der Waals surface area contributed by atoms with Gasteiger partial charge in [-0.2, -0.15) is 0 Å². The van der Waals surface area contributed by atoms with Gasteiger partial charge in [0.25, 0.3) is 0 Å². The summed E-state index contributed by atoms with van der Waals surface area (Å²) >= 11 is 5.70. The maximum absolute atomic E-state index is 11.4. The molecule has 0 aromatic carbocycles. The predicted molar refractivity (Wildman–Crippen MR) is 67.3 cm³/mol. The van der Waals surface area contributed by atoms with Crippen LogP contribution in [0.1, 0.15) is 19.8 Å². The van der Waals surface area contributed by atoms with Crippen molar-refractivity contribution in [3.8, 4) is 0 Å². The molecule has 1 fully saturated rings. The van der Waals surface area contributed by atoms with Crippen molar-refractivity contribution >= 4 is 21.6 Å². The minimum Gasteiger partial charge on any atom is -0.313 e. The molecular weight excluding hydrogens is 248 g/mol. The van der Waals surface area contributed by atoms with Crippen LogP contribution in [0.15, 0.2) is 0 Å². The fourth-order valence-electron chi connectivity index (χ4n) is 1.92. The largest absolute Gasteiger partial charge is 0.313 e. The van der Waals surface area contributed by atoms with E-state index in [0.717, 1.165) is 19.4 Å². The Morgan fingerprint density at radius 2 is 2.25 bits per heavy atom. The molecule has 1 aliphatic rings. The average molecular weight is 269 g/mol. The van der Waals surface area contributed by atoms with E-state index in [4.69, 9.17) is 11.6 Å². The molecule has 96 valence electrons. The highest BCUT2D eigenvalue weighted by Gasteiger charge is 2.25. The van der Waals surface area contributed by atoms with Gasteiger partial charge >= 0.3 is 0 Å². The zero-order chi connectivity index (χ0) is 12.2. The van der Waals surface area contributed by atoms with Crippen LogP contribution >= 0.6 is 11.6 Å². The average Bonchev–Trinajstić information content (AvgIpc) is 2.25. The Morgan fingerprint density at radius 3 is 2.81 bits per heavy atom. The third-order valence-electron chi connectivity index (χ3n) is 2.94. The zero-order valence-corrected chi connectivity index (χ0v) is 11.5. The first-order valence-electron chi connectivity index (χ1n) is 5.68. The summed E-state index contributed by atoms with van der Waals surface area (Å²) in [5.74, 6) is 0.997. The van der Waals surface area contributed by atoms with Crippen molar-refractivity contribution in [3.05, 3.63) is 0 Å².